The van der Waals surface area contributed by atoms with Gasteiger partial charge in [-0.2, -0.15) is 10.2 Å². The third-order valence-corrected chi connectivity index (χ3v) is 6.88. The molecule has 0 unspecified atom stereocenters. The van der Waals surface area contributed by atoms with Crippen LogP contribution in [0.3, 0.4) is 0 Å². The summed E-state index contributed by atoms with van der Waals surface area (Å²) in [5, 5.41) is 21.6. The zero-order valence-corrected chi connectivity index (χ0v) is 21.5. The Bertz CT molecular complexity index is 1360. The standard InChI is InChI=1S/C28H33N7O2/c1-28(2,37)18-31-27(36)19-7-9-25(10-8-19)35-17-24(15-33-35)22-12-29-26(30-13-22)21-6-4-5-20(11-21)23-14-32-34(3)16-23/h4-6,11-17,19,25,37H,7-10,18H2,1-3H3,(H,31,36). The van der Waals surface area contributed by atoms with Gasteiger partial charge in [0.05, 0.1) is 24.0 Å². The smallest absolute Gasteiger partial charge is 0.223 e. The van der Waals surface area contributed by atoms with Crippen LogP contribution in [0, 0.1) is 5.92 Å². The first kappa shape index (κ1) is 24.8. The van der Waals surface area contributed by atoms with Crippen molar-refractivity contribution in [2.45, 2.75) is 51.2 Å². The van der Waals surface area contributed by atoms with Crippen LogP contribution < -0.4 is 5.32 Å². The van der Waals surface area contributed by atoms with Crippen LogP contribution in [0.4, 0.5) is 0 Å². The Morgan fingerprint density at radius 2 is 1.62 bits per heavy atom. The molecule has 1 aliphatic rings. The van der Waals surface area contributed by atoms with E-state index < -0.39 is 5.60 Å². The molecule has 5 rings (SSSR count). The largest absolute Gasteiger partial charge is 0.389 e. The highest BCUT2D eigenvalue weighted by molar-refractivity contribution is 5.78. The summed E-state index contributed by atoms with van der Waals surface area (Å²) in [6, 6.07) is 8.41. The Hall–Kier alpha value is -3.85. The zero-order chi connectivity index (χ0) is 26.0. The van der Waals surface area contributed by atoms with Crippen LogP contribution in [-0.4, -0.2) is 52.7 Å². The molecule has 3 heterocycles. The van der Waals surface area contributed by atoms with Crippen molar-refractivity contribution in [3.05, 3.63) is 61.4 Å². The molecule has 1 fully saturated rings. The summed E-state index contributed by atoms with van der Waals surface area (Å²) in [7, 11) is 1.91. The number of aromatic nitrogens is 6. The minimum Gasteiger partial charge on any atom is -0.389 e. The van der Waals surface area contributed by atoms with E-state index in [0.29, 0.717) is 5.82 Å². The van der Waals surface area contributed by atoms with E-state index in [-0.39, 0.29) is 24.4 Å². The molecule has 2 N–H and O–H groups in total. The summed E-state index contributed by atoms with van der Waals surface area (Å²) >= 11 is 0. The van der Waals surface area contributed by atoms with Gasteiger partial charge in [-0.1, -0.05) is 18.2 Å². The fourth-order valence-electron chi connectivity index (χ4n) is 4.77. The second kappa shape index (κ2) is 10.3. The molecule has 1 amide bonds. The Kier molecular flexibility index (Phi) is 6.88. The van der Waals surface area contributed by atoms with E-state index in [1.165, 1.54) is 0 Å². The van der Waals surface area contributed by atoms with Gasteiger partial charge < -0.3 is 10.4 Å². The van der Waals surface area contributed by atoms with Gasteiger partial charge in [-0.15, -0.1) is 0 Å². The summed E-state index contributed by atoms with van der Waals surface area (Å²) in [4.78, 5) is 21.7. The highest BCUT2D eigenvalue weighted by atomic mass is 16.3. The number of hydrogen-bond acceptors (Lipinski definition) is 6. The van der Waals surface area contributed by atoms with Crippen molar-refractivity contribution in [3.63, 3.8) is 0 Å². The number of aryl methyl sites for hydroxylation is 1. The van der Waals surface area contributed by atoms with Crippen LogP contribution >= 0.6 is 0 Å². The van der Waals surface area contributed by atoms with Gasteiger partial charge in [0.25, 0.3) is 0 Å². The number of nitrogens with zero attached hydrogens (tertiary/aromatic N) is 6. The maximum atomic E-state index is 12.4. The van der Waals surface area contributed by atoms with Gasteiger partial charge in [-0.05, 0) is 51.2 Å². The molecule has 3 aromatic heterocycles. The van der Waals surface area contributed by atoms with Crippen LogP contribution in [-0.2, 0) is 11.8 Å². The molecule has 1 aliphatic carbocycles. The molecule has 192 valence electrons. The van der Waals surface area contributed by atoms with Crippen molar-refractivity contribution in [1.82, 2.24) is 34.8 Å². The molecule has 0 radical (unpaired) electrons. The first-order chi connectivity index (χ1) is 17.7. The second-order valence-corrected chi connectivity index (χ2v) is 10.5. The summed E-state index contributed by atoms with van der Waals surface area (Å²) in [5.41, 5.74) is 4.07. The summed E-state index contributed by atoms with van der Waals surface area (Å²) in [5.74, 6) is 0.694. The van der Waals surface area contributed by atoms with Crippen LogP contribution in [0.25, 0.3) is 33.6 Å². The third-order valence-electron chi connectivity index (χ3n) is 6.88. The number of hydrogen-bond donors (Lipinski definition) is 2. The molecule has 9 nitrogen and oxygen atoms in total. The van der Waals surface area contributed by atoms with Crippen molar-refractivity contribution in [3.8, 4) is 33.6 Å². The second-order valence-electron chi connectivity index (χ2n) is 10.5. The summed E-state index contributed by atoms with van der Waals surface area (Å²) < 4.78 is 3.79. The molecule has 0 atom stereocenters. The zero-order valence-electron chi connectivity index (χ0n) is 21.5. The van der Waals surface area contributed by atoms with E-state index in [0.717, 1.165) is 53.5 Å². The SMILES string of the molecule is Cn1cc(-c2cccc(-c3ncc(-c4cnn(C5CCC(C(=O)NCC(C)(C)O)CC5)c4)cn3)c2)cn1. The van der Waals surface area contributed by atoms with Crippen LogP contribution in [0.15, 0.2) is 61.4 Å². The normalized spacial score (nSPS) is 18.1. The molecule has 9 heteroatoms. The number of aliphatic hydroxyl groups is 1. The Morgan fingerprint density at radius 1 is 0.946 bits per heavy atom. The first-order valence-corrected chi connectivity index (χ1v) is 12.7. The number of carbonyl (C=O) groups excluding carboxylic acids is 1. The van der Waals surface area contributed by atoms with Crippen molar-refractivity contribution in [2.75, 3.05) is 6.54 Å². The average molecular weight is 500 g/mol. The number of amides is 1. The molecule has 0 spiro atoms. The van der Waals surface area contributed by atoms with Gasteiger partial charge in [0.1, 0.15) is 0 Å². The minimum absolute atomic E-state index is 0.00812. The lowest BCUT2D eigenvalue weighted by Gasteiger charge is -2.28. The van der Waals surface area contributed by atoms with Gasteiger partial charge >= 0.3 is 0 Å². The Balaban J connectivity index is 1.21. The van der Waals surface area contributed by atoms with E-state index in [1.807, 2.05) is 61.0 Å². The van der Waals surface area contributed by atoms with Gasteiger partial charge in [0, 0.05) is 66.6 Å². The maximum absolute atomic E-state index is 12.4. The van der Waals surface area contributed by atoms with Crippen molar-refractivity contribution < 1.29 is 9.90 Å². The lowest BCUT2D eigenvalue weighted by molar-refractivity contribution is -0.127. The van der Waals surface area contributed by atoms with Crippen molar-refractivity contribution in [1.29, 1.82) is 0 Å². The molecule has 4 aromatic rings. The predicted molar refractivity (Wildman–Crippen MR) is 141 cm³/mol. The number of benzene rings is 1. The molecule has 1 aromatic carbocycles. The highest BCUT2D eigenvalue weighted by Gasteiger charge is 2.28. The van der Waals surface area contributed by atoms with Crippen molar-refractivity contribution >= 4 is 5.91 Å². The third kappa shape index (κ3) is 5.94. The maximum Gasteiger partial charge on any atom is 0.223 e. The van der Waals surface area contributed by atoms with Crippen LogP contribution in [0.5, 0.6) is 0 Å². The van der Waals surface area contributed by atoms with Crippen LogP contribution in [0.1, 0.15) is 45.6 Å². The monoisotopic (exact) mass is 499 g/mol. The van der Waals surface area contributed by atoms with Gasteiger partial charge in [-0.3, -0.25) is 14.2 Å². The van der Waals surface area contributed by atoms with Gasteiger partial charge in [-0.25, -0.2) is 9.97 Å². The van der Waals surface area contributed by atoms with Gasteiger partial charge in [0.2, 0.25) is 5.91 Å². The fourth-order valence-corrected chi connectivity index (χ4v) is 4.77. The van der Waals surface area contributed by atoms with E-state index in [4.69, 9.17) is 0 Å². The molecular formula is C28H33N7O2. The fraction of sp³-hybridized carbons (Fsp3) is 0.393. The molecular weight excluding hydrogens is 466 g/mol. The topological polar surface area (TPSA) is 111 Å². The molecule has 0 saturated heterocycles. The van der Waals surface area contributed by atoms with E-state index in [9.17, 15) is 9.90 Å². The van der Waals surface area contributed by atoms with E-state index in [1.54, 1.807) is 18.5 Å². The molecule has 37 heavy (non-hydrogen) atoms. The average Bonchev–Trinajstić information content (AvgIpc) is 3.57. The Morgan fingerprint density at radius 3 is 2.30 bits per heavy atom. The van der Waals surface area contributed by atoms with Crippen LogP contribution in [0.2, 0.25) is 0 Å². The molecule has 0 bridgehead atoms. The van der Waals surface area contributed by atoms with E-state index >= 15 is 0 Å². The minimum atomic E-state index is -0.899. The number of carbonyl (C=O) groups is 1. The van der Waals surface area contributed by atoms with Gasteiger partial charge in [0.15, 0.2) is 5.82 Å². The van der Waals surface area contributed by atoms with E-state index in [2.05, 4.69) is 37.6 Å². The lowest BCUT2D eigenvalue weighted by atomic mass is 9.85. The number of rotatable bonds is 7. The quantitative estimate of drug-likeness (QED) is 0.397. The lowest BCUT2D eigenvalue weighted by Crippen LogP contribution is -2.41. The highest BCUT2D eigenvalue weighted by Crippen LogP contribution is 2.33. The molecule has 0 aliphatic heterocycles. The molecule has 1 saturated carbocycles. The van der Waals surface area contributed by atoms with Crippen molar-refractivity contribution in [2.24, 2.45) is 13.0 Å². The first-order valence-electron chi connectivity index (χ1n) is 12.7. The summed E-state index contributed by atoms with van der Waals surface area (Å²) in [6.45, 7) is 3.66. The number of nitrogens with one attached hydrogen (secondary N) is 1. The Labute approximate surface area is 216 Å². The predicted octanol–water partition coefficient (Wildman–Crippen LogP) is 4.03. The summed E-state index contributed by atoms with van der Waals surface area (Å²) in [6.07, 6.45) is 14.8.